The molecule has 4 rings (SSSR count). The van der Waals surface area contributed by atoms with E-state index in [1.807, 2.05) is 24.3 Å². The van der Waals surface area contributed by atoms with Gasteiger partial charge in [-0.1, -0.05) is 12.1 Å². The van der Waals surface area contributed by atoms with Crippen LogP contribution in [0.5, 0.6) is 0 Å². The Morgan fingerprint density at radius 3 is 2.66 bits per heavy atom. The van der Waals surface area contributed by atoms with Gasteiger partial charge in [-0.2, -0.15) is 15.6 Å². The monoisotopic (exact) mass is 399 g/mol. The lowest BCUT2D eigenvalue weighted by Gasteiger charge is -2.00. The largest absolute Gasteiger partial charge is 0.270 e. The number of para-hydroxylation sites is 1. The summed E-state index contributed by atoms with van der Waals surface area (Å²) in [6, 6.07) is 18.1. The second-order valence-corrected chi connectivity index (χ2v) is 7.30. The number of allylic oxidation sites excluding steroid dienone is 1. The molecule has 0 saturated heterocycles. The molecule has 0 atom stereocenters. The van der Waals surface area contributed by atoms with Crippen LogP contribution in [0.1, 0.15) is 17.0 Å². The topological polar surface area (TPSA) is 78.3 Å². The van der Waals surface area contributed by atoms with Gasteiger partial charge < -0.3 is 0 Å². The highest BCUT2D eigenvalue weighted by Gasteiger charge is 2.14. The predicted molar refractivity (Wildman–Crippen MR) is 111 cm³/mol. The summed E-state index contributed by atoms with van der Waals surface area (Å²) < 4.78 is 16.0. The quantitative estimate of drug-likeness (QED) is 0.428. The van der Waals surface area contributed by atoms with Crippen molar-refractivity contribution < 1.29 is 4.39 Å². The molecule has 2 aromatic carbocycles. The summed E-state index contributed by atoms with van der Waals surface area (Å²) in [5.41, 5.74) is 3.34. The van der Waals surface area contributed by atoms with E-state index in [1.54, 1.807) is 29.1 Å². The zero-order valence-electron chi connectivity index (χ0n) is 15.2. The SMILES string of the molecule is N#CCCn1cc(/C=C(\C#N)c2nc3ccccc3s2)c(-c2ccc(F)cc2)n1. The summed E-state index contributed by atoms with van der Waals surface area (Å²) in [5, 5.41) is 23.8. The zero-order valence-corrected chi connectivity index (χ0v) is 16.0. The third-order valence-corrected chi connectivity index (χ3v) is 5.37. The number of nitrogens with zero attached hydrogens (tertiary/aromatic N) is 5. The Balaban J connectivity index is 1.81. The Labute approximate surface area is 170 Å². The number of hydrogen-bond donors (Lipinski definition) is 0. The number of fused-ring (bicyclic) bond motifs is 1. The van der Waals surface area contributed by atoms with Gasteiger partial charge in [-0.25, -0.2) is 9.37 Å². The number of thiazole rings is 1. The third kappa shape index (κ3) is 3.91. The number of benzene rings is 2. The van der Waals surface area contributed by atoms with Gasteiger partial charge in [0.2, 0.25) is 0 Å². The summed E-state index contributed by atoms with van der Waals surface area (Å²) in [5.74, 6) is -0.332. The van der Waals surface area contributed by atoms with Crippen molar-refractivity contribution >= 4 is 33.2 Å². The molecular weight excluding hydrogens is 385 g/mol. The molecule has 0 N–H and O–H groups in total. The van der Waals surface area contributed by atoms with Crippen LogP contribution in [0, 0.1) is 28.5 Å². The van der Waals surface area contributed by atoms with E-state index >= 15 is 0 Å². The molecule has 0 bridgehead atoms. The van der Waals surface area contributed by atoms with Crippen LogP contribution in [0.3, 0.4) is 0 Å². The molecule has 0 radical (unpaired) electrons. The van der Waals surface area contributed by atoms with Crippen molar-refractivity contribution in [2.45, 2.75) is 13.0 Å². The molecule has 0 aliphatic carbocycles. The normalized spacial score (nSPS) is 11.3. The number of aryl methyl sites for hydroxylation is 1. The van der Waals surface area contributed by atoms with Gasteiger partial charge >= 0.3 is 0 Å². The van der Waals surface area contributed by atoms with Gasteiger partial charge in [-0.3, -0.25) is 4.68 Å². The summed E-state index contributed by atoms with van der Waals surface area (Å²) in [7, 11) is 0. The number of halogens is 1. The summed E-state index contributed by atoms with van der Waals surface area (Å²) in [4.78, 5) is 4.56. The van der Waals surface area contributed by atoms with Gasteiger partial charge in [0.1, 0.15) is 16.9 Å². The van der Waals surface area contributed by atoms with Crippen molar-refractivity contribution in [2.75, 3.05) is 0 Å². The average Bonchev–Trinajstić information content (AvgIpc) is 3.35. The fourth-order valence-electron chi connectivity index (χ4n) is 2.94. The first-order valence-corrected chi connectivity index (χ1v) is 9.67. The lowest BCUT2D eigenvalue weighted by atomic mass is 10.1. The molecule has 2 heterocycles. The van der Waals surface area contributed by atoms with Gasteiger partial charge in [0.15, 0.2) is 0 Å². The van der Waals surface area contributed by atoms with E-state index in [0.717, 1.165) is 15.8 Å². The minimum atomic E-state index is -0.332. The van der Waals surface area contributed by atoms with Crippen molar-refractivity contribution in [2.24, 2.45) is 0 Å². The standard InChI is InChI=1S/C22H14FN5S/c23-18-8-6-15(7-9-18)21-17(14-28(27-21)11-3-10-24)12-16(13-25)22-26-19-4-1-2-5-20(19)29-22/h1-2,4-9,12,14H,3,11H2/b16-12+. The molecule has 0 fully saturated rings. The molecule has 7 heteroatoms. The number of nitriles is 2. The highest BCUT2D eigenvalue weighted by Crippen LogP contribution is 2.30. The lowest BCUT2D eigenvalue weighted by molar-refractivity contribution is 0.626. The predicted octanol–water partition coefficient (Wildman–Crippen LogP) is 5.28. The van der Waals surface area contributed by atoms with E-state index < -0.39 is 0 Å². The van der Waals surface area contributed by atoms with E-state index in [4.69, 9.17) is 5.26 Å². The summed E-state index contributed by atoms with van der Waals surface area (Å²) in [6.45, 7) is 0.432. The Kier molecular flexibility index (Phi) is 5.15. The molecule has 5 nitrogen and oxygen atoms in total. The van der Waals surface area contributed by atoms with E-state index in [0.29, 0.717) is 34.8 Å². The Hall–Kier alpha value is -3.81. The van der Waals surface area contributed by atoms with Crippen LogP contribution in [0.25, 0.3) is 33.1 Å². The molecule has 0 unspecified atom stereocenters. The molecular formula is C22H14FN5S. The first kappa shape index (κ1) is 18.5. The Bertz CT molecular complexity index is 1250. The number of rotatable bonds is 5. The van der Waals surface area contributed by atoms with Crippen LogP contribution < -0.4 is 0 Å². The minimum Gasteiger partial charge on any atom is -0.270 e. The third-order valence-electron chi connectivity index (χ3n) is 4.30. The molecule has 140 valence electrons. The average molecular weight is 399 g/mol. The van der Waals surface area contributed by atoms with Gasteiger partial charge in [-0.05, 0) is 42.5 Å². The Morgan fingerprint density at radius 2 is 1.93 bits per heavy atom. The van der Waals surface area contributed by atoms with Crippen molar-refractivity contribution in [3.8, 4) is 23.4 Å². The van der Waals surface area contributed by atoms with Crippen LogP contribution in [0.4, 0.5) is 4.39 Å². The van der Waals surface area contributed by atoms with E-state index in [9.17, 15) is 9.65 Å². The molecule has 0 aliphatic rings. The maximum Gasteiger partial charge on any atom is 0.135 e. The molecule has 4 aromatic rings. The summed E-state index contributed by atoms with van der Waals surface area (Å²) in [6.07, 6.45) is 3.85. The fourth-order valence-corrected chi connectivity index (χ4v) is 3.87. The molecule has 0 amide bonds. The van der Waals surface area contributed by atoms with Gasteiger partial charge in [0.25, 0.3) is 0 Å². The van der Waals surface area contributed by atoms with Crippen molar-refractivity contribution in [3.63, 3.8) is 0 Å². The van der Waals surface area contributed by atoms with E-state index in [1.165, 1.54) is 23.5 Å². The minimum absolute atomic E-state index is 0.316. The smallest absolute Gasteiger partial charge is 0.135 e. The zero-order chi connectivity index (χ0) is 20.2. The molecule has 0 saturated carbocycles. The highest BCUT2D eigenvalue weighted by molar-refractivity contribution is 7.19. The maximum atomic E-state index is 13.3. The van der Waals surface area contributed by atoms with Crippen LogP contribution in [-0.2, 0) is 6.54 Å². The second kappa shape index (κ2) is 8.05. The van der Waals surface area contributed by atoms with Crippen LogP contribution in [0.15, 0.2) is 54.7 Å². The second-order valence-electron chi connectivity index (χ2n) is 6.27. The van der Waals surface area contributed by atoms with E-state index in [2.05, 4.69) is 22.2 Å². The maximum absolute atomic E-state index is 13.3. The highest BCUT2D eigenvalue weighted by atomic mass is 32.1. The van der Waals surface area contributed by atoms with Crippen LogP contribution >= 0.6 is 11.3 Å². The van der Waals surface area contributed by atoms with Gasteiger partial charge in [0.05, 0.1) is 40.5 Å². The first-order chi connectivity index (χ1) is 14.2. The lowest BCUT2D eigenvalue weighted by Crippen LogP contribution is -1.97. The fraction of sp³-hybridized carbons (Fsp3) is 0.0909. The molecule has 0 spiro atoms. The molecule has 0 aliphatic heterocycles. The first-order valence-electron chi connectivity index (χ1n) is 8.86. The Morgan fingerprint density at radius 1 is 1.14 bits per heavy atom. The van der Waals surface area contributed by atoms with E-state index in [-0.39, 0.29) is 5.82 Å². The van der Waals surface area contributed by atoms with Gasteiger partial charge in [0, 0.05) is 17.3 Å². The number of hydrogen-bond acceptors (Lipinski definition) is 5. The van der Waals surface area contributed by atoms with Crippen molar-refractivity contribution in [3.05, 3.63) is 71.1 Å². The van der Waals surface area contributed by atoms with Crippen molar-refractivity contribution in [1.29, 1.82) is 10.5 Å². The number of aromatic nitrogens is 3. The van der Waals surface area contributed by atoms with Crippen LogP contribution in [-0.4, -0.2) is 14.8 Å². The van der Waals surface area contributed by atoms with Crippen molar-refractivity contribution in [1.82, 2.24) is 14.8 Å². The van der Waals surface area contributed by atoms with Crippen LogP contribution in [0.2, 0.25) is 0 Å². The molecule has 2 aromatic heterocycles. The summed E-state index contributed by atoms with van der Waals surface area (Å²) >= 11 is 1.45. The van der Waals surface area contributed by atoms with Gasteiger partial charge in [-0.15, -0.1) is 11.3 Å². The molecule has 29 heavy (non-hydrogen) atoms.